The standard InChI is InChI=1S/C21H17F4N3OS/c1-9-20-26-7-11(8-29)28(20)21-16(12-5-10(19(24)25)6-15(12)30-21)18(27-9)17-13(22)3-2-4-14(17)23/h2-4,7,9-10,19,29H,5-6,8H2,1H3/t9-,10+/m0/s1. The fourth-order valence-electron chi connectivity index (χ4n) is 4.30. The average molecular weight is 435 g/mol. The highest BCUT2D eigenvalue weighted by molar-refractivity contribution is 7.15. The molecule has 0 fully saturated rings. The summed E-state index contributed by atoms with van der Waals surface area (Å²) in [5.74, 6) is -1.84. The summed E-state index contributed by atoms with van der Waals surface area (Å²) in [6, 6.07) is 3.03. The van der Waals surface area contributed by atoms with Crippen LogP contribution in [-0.4, -0.2) is 26.8 Å². The molecule has 2 aliphatic rings. The van der Waals surface area contributed by atoms with E-state index in [9.17, 15) is 22.7 Å². The maximum atomic E-state index is 14.8. The number of benzene rings is 1. The van der Waals surface area contributed by atoms with Crippen molar-refractivity contribution in [3.05, 3.63) is 69.1 Å². The second-order valence-electron chi connectivity index (χ2n) is 7.54. The molecule has 0 bridgehead atoms. The van der Waals surface area contributed by atoms with Gasteiger partial charge in [0.05, 0.1) is 29.8 Å². The molecule has 0 amide bonds. The van der Waals surface area contributed by atoms with Crippen molar-refractivity contribution in [3.8, 4) is 5.00 Å². The first-order chi connectivity index (χ1) is 14.4. The molecule has 4 nitrogen and oxygen atoms in total. The highest BCUT2D eigenvalue weighted by Crippen LogP contribution is 2.45. The minimum Gasteiger partial charge on any atom is -0.390 e. The van der Waals surface area contributed by atoms with E-state index in [4.69, 9.17) is 0 Å². The number of hydrogen-bond donors (Lipinski definition) is 1. The van der Waals surface area contributed by atoms with Crippen LogP contribution in [0.4, 0.5) is 17.6 Å². The third-order valence-electron chi connectivity index (χ3n) is 5.70. The Hall–Kier alpha value is -2.52. The Bertz CT molecular complexity index is 1160. The topological polar surface area (TPSA) is 50.4 Å². The van der Waals surface area contributed by atoms with Crippen LogP contribution in [-0.2, 0) is 19.4 Å². The van der Waals surface area contributed by atoms with E-state index < -0.39 is 30.0 Å². The summed E-state index contributed by atoms with van der Waals surface area (Å²) in [4.78, 5) is 9.73. The van der Waals surface area contributed by atoms with Crippen molar-refractivity contribution in [2.75, 3.05) is 0 Å². The Balaban J connectivity index is 1.82. The van der Waals surface area contributed by atoms with Gasteiger partial charge >= 0.3 is 0 Å². The molecule has 0 spiro atoms. The van der Waals surface area contributed by atoms with Crippen molar-refractivity contribution in [1.82, 2.24) is 9.55 Å². The number of rotatable bonds is 3. The molecule has 1 aromatic carbocycles. The van der Waals surface area contributed by atoms with Gasteiger partial charge in [-0.1, -0.05) is 6.07 Å². The van der Waals surface area contributed by atoms with Crippen molar-refractivity contribution < 1.29 is 22.7 Å². The molecule has 1 aliphatic heterocycles. The van der Waals surface area contributed by atoms with Crippen molar-refractivity contribution in [2.24, 2.45) is 10.9 Å². The Morgan fingerprint density at radius 3 is 2.60 bits per heavy atom. The molecule has 2 atom stereocenters. The van der Waals surface area contributed by atoms with Gasteiger partial charge in [0.15, 0.2) is 0 Å². The predicted molar refractivity (Wildman–Crippen MR) is 105 cm³/mol. The number of aliphatic hydroxyl groups excluding tert-OH is 1. The molecule has 1 N–H and O–H groups in total. The quantitative estimate of drug-likeness (QED) is 0.612. The van der Waals surface area contributed by atoms with Gasteiger partial charge in [-0.05, 0) is 37.5 Å². The summed E-state index contributed by atoms with van der Waals surface area (Å²) in [5.41, 5.74) is 1.45. The molecule has 0 radical (unpaired) electrons. The summed E-state index contributed by atoms with van der Waals surface area (Å²) in [6.45, 7) is 1.46. The van der Waals surface area contributed by atoms with E-state index in [0.717, 1.165) is 17.0 Å². The smallest absolute Gasteiger partial charge is 0.242 e. The number of nitrogens with zero attached hydrogens (tertiary/aromatic N) is 3. The van der Waals surface area contributed by atoms with Gasteiger partial charge in [0.2, 0.25) is 6.43 Å². The Kier molecular flexibility index (Phi) is 4.55. The van der Waals surface area contributed by atoms with Crippen LogP contribution < -0.4 is 0 Å². The summed E-state index contributed by atoms with van der Waals surface area (Å²) >= 11 is 1.30. The van der Waals surface area contributed by atoms with Crippen LogP contribution in [0.3, 0.4) is 0 Å². The monoisotopic (exact) mass is 435 g/mol. The van der Waals surface area contributed by atoms with E-state index in [1.54, 1.807) is 11.5 Å². The van der Waals surface area contributed by atoms with Gasteiger partial charge in [-0.3, -0.25) is 9.56 Å². The molecule has 156 valence electrons. The molecule has 3 heterocycles. The number of alkyl halides is 2. The van der Waals surface area contributed by atoms with Crippen LogP contribution in [0, 0.1) is 17.6 Å². The number of fused-ring (bicyclic) bond motifs is 5. The molecule has 1 aliphatic carbocycles. The van der Waals surface area contributed by atoms with Crippen LogP contribution >= 0.6 is 11.3 Å². The van der Waals surface area contributed by atoms with Gasteiger partial charge in [0.25, 0.3) is 0 Å². The lowest BCUT2D eigenvalue weighted by molar-refractivity contribution is 0.0826. The lowest BCUT2D eigenvalue weighted by atomic mass is 9.97. The Morgan fingerprint density at radius 2 is 1.93 bits per heavy atom. The predicted octanol–water partition coefficient (Wildman–Crippen LogP) is 4.60. The molecule has 9 heteroatoms. The first-order valence-electron chi connectivity index (χ1n) is 9.53. The summed E-state index contributed by atoms with van der Waals surface area (Å²) < 4.78 is 58.1. The van der Waals surface area contributed by atoms with Crippen molar-refractivity contribution in [1.29, 1.82) is 0 Å². The average Bonchev–Trinajstić information content (AvgIpc) is 3.36. The zero-order valence-corrected chi connectivity index (χ0v) is 16.7. The number of aromatic nitrogens is 2. The molecule has 30 heavy (non-hydrogen) atoms. The van der Waals surface area contributed by atoms with Gasteiger partial charge in [-0.25, -0.2) is 22.5 Å². The van der Waals surface area contributed by atoms with Crippen LogP contribution in [0.15, 0.2) is 29.4 Å². The van der Waals surface area contributed by atoms with Crippen LogP contribution in [0.25, 0.3) is 5.00 Å². The van der Waals surface area contributed by atoms with E-state index in [-0.39, 0.29) is 30.7 Å². The molecular weight excluding hydrogens is 418 g/mol. The van der Waals surface area contributed by atoms with E-state index in [1.807, 2.05) is 0 Å². The zero-order chi connectivity index (χ0) is 21.2. The van der Waals surface area contributed by atoms with Gasteiger partial charge < -0.3 is 5.11 Å². The largest absolute Gasteiger partial charge is 0.390 e. The number of aliphatic imine (C=N–C) groups is 1. The van der Waals surface area contributed by atoms with Crippen molar-refractivity contribution in [3.63, 3.8) is 0 Å². The third kappa shape index (κ3) is 2.75. The van der Waals surface area contributed by atoms with E-state index in [2.05, 4.69) is 9.98 Å². The van der Waals surface area contributed by atoms with Gasteiger partial charge in [-0.2, -0.15) is 0 Å². The summed E-state index contributed by atoms with van der Waals surface area (Å²) in [7, 11) is 0. The van der Waals surface area contributed by atoms with Gasteiger partial charge in [0.1, 0.15) is 28.5 Å². The van der Waals surface area contributed by atoms with Crippen LogP contribution in [0.1, 0.15) is 46.1 Å². The van der Waals surface area contributed by atoms with Gasteiger partial charge in [-0.15, -0.1) is 11.3 Å². The molecule has 0 unspecified atom stereocenters. The van der Waals surface area contributed by atoms with Crippen LogP contribution in [0.2, 0.25) is 0 Å². The number of thiophene rings is 1. The second-order valence-corrected chi connectivity index (χ2v) is 8.62. The van der Waals surface area contributed by atoms with Crippen molar-refractivity contribution in [2.45, 2.75) is 38.8 Å². The van der Waals surface area contributed by atoms with Crippen molar-refractivity contribution >= 4 is 17.0 Å². The molecule has 0 saturated heterocycles. The Labute approximate surface area is 173 Å². The molecule has 2 aromatic heterocycles. The highest BCUT2D eigenvalue weighted by Gasteiger charge is 2.38. The fourth-order valence-corrected chi connectivity index (χ4v) is 5.77. The SMILES string of the molecule is C[C@@H]1N=C(c2c(F)cccc2F)c2c(sc3c2C[C@@H](C(F)F)C3)-n2c(CO)cnc21. The van der Waals surface area contributed by atoms with E-state index in [0.29, 0.717) is 27.6 Å². The minimum atomic E-state index is -2.48. The van der Waals surface area contributed by atoms with Crippen LogP contribution in [0.5, 0.6) is 0 Å². The van der Waals surface area contributed by atoms with E-state index in [1.165, 1.54) is 23.6 Å². The fraction of sp³-hybridized carbons (Fsp3) is 0.333. The number of hydrogen-bond acceptors (Lipinski definition) is 4. The molecular formula is C21H17F4N3OS. The first kappa shape index (κ1) is 19.4. The summed E-state index contributed by atoms with van der Waals surface area (Å²) in [5, 5.41) is 10.4. The highest BCUT2D eigenvalue weighted by atomic mass is 32.1. The summed E-state index contributed by atoms with van der Waals surface area (Å²) in [6.07, 6.45) is -0.633. The normalized spacial score (nSPS) is 20.0. The lowest BCUT2D eigenvalue weighted by Crippen LogP contribution is -2.15. The molecule has 3 aromatic rings. The zero-order valence-electron chi connectivity index (χ0n) is 15.9. The second kappa shape index (κ2) is 7.02. The maximum Gasteiger partial charge on any atom is 0.242 e. The molecule has 5 rings (SSSR count). The Morgan fingerprint density at radius 1 is 1.20 bits per heavy atom. The minimum absolute atomic E-state index is 0.106. The van der Waals surface area contributed by atoms with E-state index >= 15 is 0 Å². The molecule has 0 saturated carbocycles. The number of aliphatic hydroxyl groups is 1. The maximum absolute atomic E-state index is 14.8. The first-order valence-corrected chi connectivity index (χ1v) is 10.3. The third-order valence-corrected chi connectivity index (χ3v) is 6.94. The van der Waals surface area contributed by atoms with Gasteiger partial charge in [0, 0.05) is 16.4 Å². The number of halogens is 4. The number of imidazole rings is 1. The lowest BCUT2D eigenvalue weighted by Gasteiger charge is -2.14.